The van der Waals surface area contributed by atoms with E-state index in [1.807, 2.05) is 0 Å². The fourth-order valence-corrected chi connectivity index (χ4v) is 4.55. The minimum Gasteiger partial charge on any atom is -0.339 e. The first-order chi connectivity index (χ1) is 11.2. The molecule has 1 aliphatic heterocycles. The number of piperazine rings is 1. The number of carbonyl (C=O) groups is 1. The van der Waals surface area contributed by atoms with Crippen LogP contribution in [0.5, 0.6) is 0 Å². The van der Waals surface area contributed by atoms with Gasteiger partial charge in [0.15, 0.2) is 4.83 Å². The van der Waals surface area contributed by atoms with Gasteiger partial charge in [0.1, 0.15) is 6.54 Å². The molecule has 1 N–H and O–H groups in total. The van der Waals surface area contributed by atoms with E-state index in [9.17, 15) is 9.59 Å². The van der Waals surface area contributed by atoms with E-state index in [1.165, 1.54) is 16.0 Å². The molecule has 4 rings (SSSR count). The maximum absolute atomic E-state index is 12.8. The molecule has 0 atom stereocenters. The third kappa shape index (κ3) is 2.66. The standard InChI is InChI=1S/C15H19N5O2S/c21-12(19-7-5-16-6-8-19)9-20-15(22)13-10-3-1-2-4-11(10)23-14(13)17-18-20/h16H,1-9H2. The van der Waals surface area contributed by atoms with E-state index in [1.54, 1.807) is 16.2 Å². The Hall–Kier alpha value is -1.80. The SMILES string of the molecule is O=C(Cn1nnc2sc3c(c2c1=O)CCCC3)N1CCNCC1. The lowest BCUT2D eigenvalue weighted by Crippen LogP contribution is -2.48. The quantitative estimate of drug-likeness (QED) is 0.847. The maximum Gasteiger partial charge on any atom is 0.279 e. The van der Waals surface area contributed by atoms with Crippen LogP contribution < -0.4 is 10.9 Å². The molecule has 0 aromatic carbocycles. The lowest BCUT2D eigenvalue weighted by molar-refractivity contribution is -0.132. The lowest BCUT2D eigenvalue weighted by atomic mass is 9.97. The smallest absolute Gasteiger partial charge is 0.279 e. The number of amides is 1. The molecule has 122 valence electrons. The van der Waals surface area contributed by atoms with Crippen molar-refractivity contribution in [2.45, 2.75) is 32.2 Å². The molecule has 1 amide bonds. The molecule has 23 heavy (non-hydrogen) atoms. The first kappa shape index (κ1) is 14.8. The summed E-state index contributed by atoms with van der Waals surface area (Å²) in [5, 5.41) is 12.1. The molecule has 0 unspecified atom stereocenters. The molecule has 1 fully saturated rings. The second-order valence-electron chi connectivity index (χ2n) is 6.07. The molecular weight excluding hydrogens is 314 g/mol. The summed E-state index contributed by atoms with van der Waals surface area (Å²) < 4.78 is 1.23. The fraction of sp³-hybridized carbons (Fsp3) is 0.600. The molecule has 1 saturated heterocycles. The Balaban J connectivity index is 1.66. The molecule has 2 aromatic heterocycles. The molecule has 2 aliphatic rings. The van der Waals surface area contributed by atoms with Crippen LogP contribution in [0.15, 0.2) is 4.79 Å². The van der Waals surface area contributed by atoms with Crippen LogP contribution in [0.2, 0.25) is 0 Å². The predicted molar refractivity (Wildman–Crippen MR) is 87.8 cm³/mol. The summed E-state index contributed by atoms with van der Waals surface area (Å²) in [6, 6.07) is 0. The molecule has 7 nitrogen and oxygen atoms in total. The Labute approximate surface area is 137 Å². The van der Waals surface area contributed by atoms with Gasteiger partial charge >= 0.3 is 0 Å². The second-order valence-corrected chi connectivity index (χ2v) is 7.16. The molecular formula is C15H19N5O2S. The van der Waals surface area contributed by atoms with E-state index in [2.05, 4.69) is 15.6 Å². The maximum atomic E-state index is 12.8. The number of hydrogen-bond donors (Lipinski definition) is 1. The minimum absolute atomic E-state index is 0.0214. The Kier molecular flexibility index (Phi) is 3.86. The van der Waals surface area contributed by atoms with Gasteiger partial charge in [0.2, 0.25) is 5.91 Å². The van der Waals surface area contributed by atoms with E-state index < -0.39 is 0 Å². The topological polar surface area (TPSA) is 80.1 Å². The van der Waals surface area contributed by atoms with Gasteiger partial charge in [-0.2, -0.15) is 0 Å². The molecule has 8 heteroatoms. The van der Waals surface area contributed by atoms with Crippen LogP contribution in [-0.4, -0.2) is 52.0 Å². The number of aryl methyl sites for hydroxylation is 2. The van der Waals surface area contributed by atoms with Gasteiger partial charge in [-0.05, 0) is 31.2 Å². The summed E-state index contributed by atoms with van der Waals surface area (Å²) in [7, 11) is 0. The Morgan fingerprint density at radius 3 is 2.83 bits per heavy atom. The highest BCUT2D eigenvalue weighted by Gasteiger charge is 2.22. The van der Waals surface area contributed by atoms with Gasteiger partial charge in [-0.3, -0.25) is 9.59 Å². The largest absolute Gasteiger partial charge is 0.339 e. The van der Waals surface area contributed by atoms with Crippen molar-refractivity contribution in [1.82, 2.24) is 25.2 Å². The van der Waals surface area contributed by atoms with Crippen molar-refractivity contribution >= 4 is 27.5 Å². The third-order valence-electron chi connectivity index (χ3n) is 4.60. The van der Waals surface area contributed by atoms with Gasteiger partial charge in [-0.1, -0.05) is 5.21 Å². The van der Waals surface area contributed by atoms with Gasteiger partial charge in [0.05, 0.1) is 5.39 Å². The summed E-state index contributed by atoms with van der Waals surface area (Å²) in [6.07, 6.45) is 4.24. The van der Waals surface area contributed by atoms with E-state index in [-0.39, 0.29) is 18.0 Å². The molecule has 0 bridgehead atoms. The number of carbonyl (C=O) groups excluding carboxylic acids is 1. The highest BCUT2D eigenvalue weighted by molar-refractivity contribution is 7.18. The zero-order chi connectivity index (χ0) is 15.8. The average molecular weight is 333 g/mol. The summed E-state index contributed by atoms with van der Waals surface area (Å²) in [5.41, 5.74) is 0.970. The van der Waals surface area contributed by atoms with Crippen molar-refractivity contribution in [3.8, 4) is 0 Å². The molecule has 3 heterocycles. The van der Waals surface area contributed by atoms with Crippen molar-refractivity contribution < 1.29 is 4.79 Å². The van der Waals surface area contributed by atoms with Crippen molar-refractivity contribution in [3.05, 3.63) is 20.8 Å². The van der Waals surface area contributed by atoms with Gasteiger partial charge < -0.3 is 10.2 Å². The number of rotatable bonds is 2. The highest BCUT2D eigenvalue weighted by atomic mass is 32.1. The minimum atomic E-state index is -0.169. The Morgan fingerprint density at radius 2 is 2.00 bits per heavy atom. The van der Waals surface area contributed by atoms with Crippen LogP contribution in [0, 0.1) is 0 Å². The molecule has 0 spiro atoms. The van der Waals surface area contributed by atoms with Crippen molar-refractivity contribution in [2.24, 2.45) is 0 Å². The van der Waals surface area contributed by atoms with Crippen molar-refractivity contribution in [3.63, 3.8) is 0 Å². The van der Waals surface area contributed by atoms with Crippen LogP contribution >= 0.6 is 11.3 Å². The normalized spacial score (nSPS) is 18.2. The van der Waals surface area contributed by atoms with Crippen LogP contribution in [0.3, 0.4) is 0 Å². The first-order valence-corrected chi connectivity index (χ1v) is 8.92. The summed E-state index contributed by atoms with van der Waals surface area (Å²) in [4.78, 5) is 28.9. The summed E-state index contributed by atoms with van der Waals surface area (Å²) in [6.45, 7) is 2.92. The molecule has 0 saturated carbocycles. The second kappa shape index (κ2) is 6.01. The van der Waals surface area contributed by atoms with Crippen LogP contribution in [0.1, 0.15) is 23.3 Å². The molecule has 2 aromatic rings. The number of aromatic nitrogens is 3. The predicted octanol–water partition coefficient (Wildman–Crippen LogP) is 0.164. The number of fused-ring (bicyclic) bond motifs is 3. The van der Waals surface area contributed by atoms with Gasteiger partial charge in [0.25, 0.3) is 5.56 Å². The van der Waals surface area contributed by atoms with Gasteiger partial charge in [-0.15, -0.1) is 16.4 Å². The van der Waals surface area contributed by atoms with Gasteiger partial charge in [0, 0.05) is 31.1 Å². The monoisotopic (exact) mass is 333 g/mol. The van der Waals surface area contributed by atoms with E-state index in [4.69, 9.17) is 0 Å². The fourth-order valence-electron chi connectivity index (χ4n) is 3.35. The average Bonchev–Trinajstić information content (AvgIpc) is 2.97. The highest BCUT2D eigenvalue weighted by Crippen LogP contribution is 2.33. The van der Waals surface area contributed by atoms with Crippen LogP contribution in [-0.2, 0) is 24.2 Å². The van der Waals surface area contributed by atoms with Crippen molar-refractivity contribution in [2.75, 3.05) is 26.2 Å². The van der Waals surface area contributed by atoms with Crippen molar-refractivity contribution in [1.29, 1.82) is 0 Å². The zero-order valence-electron chi connectivity index (χ0n) is 12.9. The summed E-state index contributed by atoms with van der Waals surface area (Å²) in [5.74, 6) is -0.0636. The van der Waals surface area contributed by atoms with Crippen LogP contribution in [0.25, 0.3) is 10.2 Å². The lowest BCUT2D eigenvalue weighted by Gasteiger charge is -2.27. The number of nitrogens with one attached hydrogen (secondary N) is 1. The Bertz CT molecular complexity index is 806. The van der Waals surface area contributed by atoms with E-state index in [0.29, 0.717) is 23.3 Å². The van der Waals surface area contributed by atoms with Gasteiger partial charge in [-0.25, -0.2) is 4.68 Å². The third-order valence-corrected chi connectivity index (χ3v) is 5.78. The number of thiophene rings is 1. The summed E-state index contributed by atoms with van der Waals surface area (Å²) >= 11 is 1.58. The zero-order valence-corrected chi connectivity index (χ0v) is 13.7. The van der Waals surface area contributed by atoms with E-state index >= 15 is 0 Å². The first-order valence-electron chi connectivity index (χ1n) is 8.10. The Morgan fingerprint density at radius 1 is 1.22 bits per heavy atom. The molecule has 0 radical (unpaired) electrons. The number of hydrogen-bond acceptors (Lipinski definition) is 6. The van der Waals surface area contributed by atoms with Crippen LogP contribution in [0.4, 0.5) is 0 Å². The van der Waals surface area contributed by atoms with E-state index in [0.717, 1.165) is 37.9 Å². The number of nitrogens with zero attached hydrogens (tertiary/aromatic N) is 4. The molecule has 1 aliphatic carbocycles.